The summed E-state index contributed by atoms with van der Waals surface area (Å²) in [4.78, 5) is 21.7. The van der Waals surface area contributed by atoms with E-state index in [2.05, 4.69) is 25.3 Å². The van der Waals surface area contributed by atoms with Gasteiger partial charge in [0.25, 0.3) is 0 Å². The highest BCUT2D eigenvalue weighted by Crippen LogP contribution is 2.29. The molecule has 5 rings (SSSR count). The number of benzene rings is 3. The van der Waals surface area contributed by atoms with Crippen molar-refractivity contribution in [1.82, 2.24) is 14.7 Å². The summed E-state index contributed by atoms with van der Waals surface area (Å²) in [5.41, 5.74) is 3.77. The Morgan fingerprint density at radius 2 is 1.76 bits per heavy atom. The summed E-state index contributed by atoms with van der Waals surface area (Å²) in [6, 6.07) is 19.9. The SMILES string of the molecule is O=C(CCc1ccc(-c2cnc3nc2NCCCNS(=O)(=O)c2cccc(c2)N3)cc1)c1ccc(F)cc1. The van der Waals surface area contributed by atoms with Crippen LogP contribution in [0.3, 0.4) is 0 Å². The topological polar surface area (TPSA) is 113 Å². The molecule has 0 amide bonds. The molecule has 0 atom stereocenters. The molecule has 8 nitrogen and oxygen atoms in total. The van der Waals surface area contributed by atoms with Gasteiger partial charge in [0.15, 0.2) is 5.78 Å². The summed E-state index contributed by atoms with van der Waals surface area (Å²) in [6.07, 6.45) is 3.18. The molecule has 2 heterocycles. The van der Waals surface area contributed by atoms with Gasteiger partial charge >= 0.3 is 0 Å². The minimum atomic E-state index is -3.61. The number of hydrogen-bond donors (Lipinski definition) is 3. The van der Waals surface area contributed by atoms with Gasteiger partial charge in [-0.05, 0) is 66.4 Å². The number of aromatic nitrogens is 2. The summed E-state index contributed by atoms with van der Waals surface area (Å²) in [6.45, 7) is 0.790. The number of nitrogens with one attached hydrogen (secondary N) is 3. The monoisotopic (exact) mass is 531 g/mol. The molecule has 4 bridgehead atoms. The van der Waals surface area contributed by atoms with Crippen LogP contribution in [-0.2, 0) is 16.4 Å². The highest BCUT2D eigenvalue weighted by molar-refractivity contribution is 7.89. The first-order valence-corrected chi connectivity index (χ1v) is 13.7. The average molecular weight is 532 g/mol. The lowest BCUT2D eigenvalue weighted by Gasteiger charge is -2.13. The molecule has 4 aromatic rings. The first-order chi connectivity index (χ1) is 18.4. The van der Waals surface area contributed by atoms with Crippen LogP contribution in [-0.4, -0.2) is 37.3 Å². The molecule has 1 aliphatic rings. The van der Waals surface area contributed by atoms with E-state index in [9.17, 15) is 17.6 Å². The second kappa shape index (κ2) is 11.1. The second-order valence-electron chi connectivity index (χ2n) is 8.91. The number of carbonyl (C=O) groups is 1. The molecule has 1 aromatic heterocycles. The number of fused-ring (bicyclic) bond motifs is 4. The lowest BCUT2D eigenvalue weighted by atomic mass is 10.0. The standard InChI is InChI=1S/C28H26FN5O3S/c29-22-12-10-21(11-13-22)26(35)14-7-19-5-8-20(9-6-19)25-18-31-28-33-23-3-1-4-24(17-23)38(36,37)32-16-2-15-30-27(25)34-28/h1,3-6,8-13,17-18,32H,2,7,14-16H2,(H2,30,31,33,34). The van der Waals surface area contributed by atoms with Gasteiger partial charge in [-0.25, -0.2) is 22.5 Å². The van der Waals surface area contributed by atoms with Crippen LogP contribution in [0.5, 0.6) is 0 Å². The number of sulfonamides is 1. The van der Waals surface area contributed by atoms with E-state index in [1.807, 2.05) is 24.3 Å². The van der Waals surface area contributed by atoms with Gasteiger partial charge < -0.3 is 10.6 Å². The van der Waals surface area contributed by atoms with Gasteiger partial charge in [0.2, 0.25) is 16.0 Å². The highest BCUT2D eigenvalue weighted by Gasteiger charge is 2.16. The van der Waals surface area contributed by atoms with Crippen LogP contribution in [0.4, 0.5) is 21.8 Å². The van der Waals surface area contributed by atoms with E-state index >= 15 is 0 Å². The zero-order valence-electron chi connectivity index (χ0n) is 20.4. The van der Waals surface area contributed by atoms with Gasteiger partial charge in [-0.2, -0.15) is 4.98 Å². The van der Waals surface area contributed by atoms with E-state index in [0.717, 1.165) is 16.7 Å². The largest absolute Gasteiger partial charge is 0.369 e. The number of ketones is 1. The molecule has 194 valence electrons. The normalized spacial score (nSPS) is 14.7. The van der Waals surface area contributed by atoms with Gasteiger partial charge in [-0.1, -0.05) is 30.3 Å². The summed E-state index contributed by atoms with van der Waals surface area (Å²) in [5, 5.41) is 6.39. The third-order valence-corrected chi connectivity index (χ3v) is 7.66. The van der Waals surface area contributed by atoms with Crippen molar-refractivity contribution < 1.29 is 17.6 Å². The van der Waals surface area contributed by atoms with Crippen molar-refractivity contribution in [3.8, 4) is 11.1 Å². The molecule has 1 aliphatic heterocycles. The van der Waals surface area contributed by atoms with E-state index in [1.54, 1.807) is 30.5 Å². The van der Waals surface area contributed by atoms with E-state index in [0.29, 0.717) is 48.8 Å². The van der Waals surface area contributed by atoms with Crippen LogP contribution in [0.25, 0.3) is 11.1 Å². The lowest BCUT2D eigenvalue weighted by molar-refractivity contribution is 0.0982. The summed E-state index contributed by atoms with van der Waals surface area (Å²) >= 11 is 0. The Kier molecular flexibility index (Phi) is 7.43. The highest BCUT2D eigenvalue weighted by atomic mass is 32.2. The van der Waals surface area contributed by atoms with Crippen LogP contribution in [0.1, 0.15) is 28.8 Å². The number of Topliss-reactive ketones (excluding diaryl/α,β-unsaturated/α-hetero) is 1. The maximum Gasteiger partial charge on any atom is 0.240 e. The van der Waals surface area contributed by atoms with Crippen LogP contribution < -0.4 is 15.4 Å². The van der Waals surface area contributed by atoms with E-state index in [4.69, 9.17) is 0 Å². The molecule has 0 fully saturated rings. The zero-order valence-corrected chi connectivity index (χ0v) is 21.3. The van der Waals surface area contributed by atoms with Crippen molar-refractivity contribution in [2.75, 3.05) is 23.7 Å². The first kappa shape index (κ1) is 25.5. The van der Waals surface area contributed by atoms with Crippen LogP contribution in [0, 0.1) is 5.82 Å². The van der Waals surface area contributed by atoms with Crippen molar-refractivity contribution in [3.05, 3.63) is 95.9 Å². The van der Waals surface area contributed by atoms with Gasteiger partial charge in [0, 0.05) is 42.5 Å². The van der Waals surface area contributed by atoms with Crippen molar-refractivity contribution in [1.29, 1.82) is 0 Å². The number of rotatable bonds is 5. The van der Waals surface area contributed by atoms with Crippen LogP contribution >= 0.6 is 0 Å². The Morgan fingerprint density at radius 3 is 2.55 bits per heavy atom. The van der Waals surface area contributed by atoms with Crippen LogP contribution in [0.2, 0.25) is 0 Å². The maximum atomic E-state index is 13.1. The van der Waals surface area contributed by atoms with Crippen LogP contribution in [0.15, 0.2) is 83.9 Å². The minimum absolute atomic E-state index is 0.0335. The molecule has 3 N–H and O–H groups in total. The fourth-order valence-corrected chi connectivity index (χ4v) is 5.25. The molecule has 38 heavy (non-hydrogen) atoms. The quantitative estimate of drug-likeness (QED) is 0.313. The molecule has 10 heteroatoms. The van der Waals surface area contributed by atoms with E-state index in [-0.39, 0.29) is 23.0 Å². The number of halogens is 1. The van der Waals surface area contributed by atoms with Gasteiger partial charge in [0.1, 0.15) is 11.6 Å². The number of carbonyl (C=O) groups excluding carboxylic acids is 1. The molecule has 0 unspecified atom stereocenters. The molecule has 3 aromatic carbocycles. The third kappa shape index (κ3) is 6.04. The Balaban J connectivity index is 1.33. The molecule has 0 aliphatic carbocycles. The Hall–Kier alpha value is -4.15. The molecule has 0 saturated carbocycles. The Labute approximate surface area is 220 Å². The first-order valence-electron chi connectivity index (χ1n) is 12.2. The summed E-state index contributed by atoms with van der Waals surface area (Å²) < 4.78 is 40.9. The number of aryl methyl sites for hydroxylation is 1. The molecule has 0 radical (unpaired) electrons. The second-order valence-corrected chi connectivity index (χ2v) is 10.7. The molecule has 0 saturated heterocycles. The molecular formula is C28H26FN5O3S. The lowest BCUT2D eigenvalue weighted by Crippen LogP contribution is -2.26. The number of anilines is 3. The Morgan fingerprint density at radius 1 is 0.974 bits per heavy atom. The Bertz CT molecular complexity index is 1560. The maximum absolute atomic E-state index is 13.1. The average Bonchev–Trinajstić information content (AvgIpc) is 2.92. The smallest absolute Gasteiger partial charge is 0.240 e. The molecule has 0 spiro atoms. The van der Waals surface area contributed by atoms with E-state index in [1.165, 1.54) is 24.3 Å². The van der Waals surface area contributed by atoms with Crippen molar-refractivity contribution in [2.24, 2.45) is 0 Å². The van der Waals surface area contributed by atoms with Crippen molar-refractivity contribution >= 4 is 33.3 Å². The molecular weight excluding hydrogens is 505 g/mol. The zero-order chi connectivity index (χ0) is 26.5. The van der Waals surface area contributed by atoms with E-state index < -0.39 is 10.0 Å². The predicted molar refractivity (Wildman–Crippen MR) is 145 cm³/mol. The van der Waals surface area contributed by atoms with Gasteiger partial charge in [-0.3, -0.25) is 4.79 Å². The fraction of sp³-hybridized carbons (Fsp3) is 0.179. The summed E-state index contributed by atoms with van der Waals surface area (Å²) in [5.74, 6) is 0.569. The fourth-order valence-electron chi connectivity index (χ4n) is 4.13. The minimum Gasteiger partial charge on any atom is -0.369 e. The van der Waals surface area contributed by atoms with Crippen molar-refractivity contribution in [2.45, 2.75) is 24.2 Å². The van der Waals surface area contributed by atoms with Gasteiger partial charge in [0.05, 0.1) is 4.90 Å². The number of nitrogens with zero attached hydrogens (tertiary/aromatic N) is 2. The van der Waals surface area contributed by atoms with Gasteiger partial charge in [-0.15, -0.1) is 0 Å². The number of hydrogen-bond acceptors (Lipinski definition) is 7. The van der Waals surface area contributed by atoms with Crippen molar-refractivity contribution in [3.63, 3.8) is 0 Å². The predicted octanol–water partition coefficient (Wildman–Crippen LogP) is 4.94. The third-order valence-electron chi connectivity index (χ3n) is 6.20. The summed E-state index contributed by atoms with van der Waals surface area (Å²) in [7, 11) is -3.61.